The number of ether oxygens (including phenoxy) is 2. The molecule has 152 valence electrons. The van der Waals surface area contributed by atoms with Gasteiger partial charge < -0.3 is 9.47 Å². The van der Waals surface area contributed by atoms with Crippen molar-refractivity contribution in [1.82, 2.24) is 15.2 Å². The Balaban J connectivity index is 1.57. The van der Waals surface area contributed by atoms with E-state index in [0.717, 1.165) is 21.6 Å². The summed E-state index contributed by atoms with van der Waals surface area (Å²) >= 11 is 1.38. The smallest absolute Gasteiger partial charge is 0.281 e. The maximum Gasteiger partial charge on any atom is 0.281 e. The van der Waals surface area contributed by atoms with Gasteiger partial charge in [0.2, 0.25) is 0 Å². The molecule has 0 saturated heterocycles. The second-order valence-corrected chi connectivity index (χ2v) is 7.50. The number of hydrazone groups is 1. The van der Waals surface area contributed by atoms with E-state index in [2.05, 4.69) is 15.6 Å². The van der Waals surface area contributed by atoms with Crippen LogP contribution in [-0.2, 0) is 0 Å². The Bertz CT molecular complexity index is 1230. The summed E-state index contributed by atoms with van der Waals surface area (Å²) in [5, 5.41) is 9.63. The van der Waals surface area contributed by atoms with E-state index >= 15 is 0 Å². The van der Waals surface area contributed by atoms with E-state index in [1.54, 1.807) is 32.4 Å². The fourth-order valence-electron chi connectivity index (χ4n) is 3.06. The van der Waals surface area contributed by atoms with E-state index < -0.39 is 0 Å². The number of carbonyl (C=O) groups is 1. The van der Waals surface area contributed by atoms with Crippen LogP contribution in [0, 0.1) is 6.92 Å². The lowest BCUT2D eigenvalue weighted by Gasteiger charge is -2.06. The third-order valence-corrected chi connectivity index (χ3v) is 5.69. The topological polar surface area (TPSA) is 77.7 Å². The minimum atomic E-state index is -0.284. The predicted molar refractivity (Wildman–Crippen MR) is 118 cm³/mol. The molecule has 2 aromatic carbocycles. The maximum atomic E-state index is 12.6. The van der Waals surface area contributed by atoms with Crippen molar-refractivity contribution in [2.75, 3.05) is 14.2 Å². The average molecular weight is 420 g/mol. The van der Waals surface area contributed by atoms with Crippen molar-refractivity contribution in [3.8, 4) is 17.2 Å². The molecule has 0 saturated carbocycles. The van der Waals surface area contributed by atoms with Crippen molar-refractivity contribution in [2.24, 2.45) is 5.10 Å². The predicted octanol–water partition coefficient (Wildman–Crippen LogP) is 4.18. The summed E-state index contributed by atoms with van der Waals surface area (Å²) in [7, 11) is 3.16. The van der Waals surface area contributed by atoms with E-state index in [4.69, 9.17) is 9.47 Å². The molecular weight excluding hydrogens is 400 g/mol. The van der Waals surface area contributed by atoms with Crippen LogP contribution in [0.15, 0.2) is 59.7 Å². The molecular formula is C22H20N4O3S. The van der Waals surface area contributed by atoms with Crippen molar-refractivity contribution in [3.63, 3.8) is 0 Å². The third-order valence-electron chi connectivity index (χ3n) is 4.58. The van der Waals surface area contributed by atoms with E-state index in [1.165, 1.54) is 17.6 Å². The summed E-state index contributed by atoms with van der Waals surface area (Å²) in [5.41, 5.74) is 5.10. The highest BCUT2D eigenvalue weighted by atomic mass is 32.1. The molecule has 1 amide bonds. The SMILES string of the molecule is COc1ccc(OC)c(/C=N\NC(=O)c2cc3c(C)nn(-c4ccccc4)c3s2)c1. The lowest BCUT2D eigenvalue weighted by atomic mass is 10.2. The highest BCUT2D eigenvalue weighted by Gasteiger charge is 2.17. The van der Waals surface area contributed by atoms with Crippen LogP contribution in [0.4, 0.5) is 0 Å². The molecule has 0 bridgehead atoms. The monoisotopic (exact) mass is 420 g/mol. The molecule has 2 heterocycles. The second kappa shape index (κ2) is 8.38. The van der Waals surface area contributed by atoms with E-state index in [1.807, 2.05) is 48.0 Å². The molecule has 0 radical (unpaired) electrons. The number of carbonyl (C=O) groups excluding carboxylic acids is 1. The van der Waals surface area contributed by atoms with Gasteiger partial charge in [-0.1, -0.05) is 18.2 Å². The number of aryl methyl sites for hydroxylation is 1. The number of fused-ring (bicyclic) bond motifs is 1. The van der Waals surface area contributed by atoms with Gasteiger partial charge >= 0.3 is 0 Å². The maximum absolute atomic E-state index is 12.6. The largest absolute Gasteiger partial charge is 0.497 e. The lowest BCUT2D eigenvalue weighted by Crippen LogP contribution is -2.16. The Morgan fingerprint density at radius 3 is 2.67 bits per heavy atom. The molecule has 0 aliphatic carbocycles. The van der Waals surface area contributed by atoms with Gasteiger partial charge in [-0.2, -0.15) is 10.2 Å². The van der Waals surface area contributed by atoms with Crippen molar-refractivity contribution in [2.45, 2.75) is 6.92 Å². The van der Waals surface area contributed by atoms with Gasteiger partial charge in [-0.3, -0.25) is 4.79 Å². The molecule has 4 aromatic rings. The summed E-state index contributed by atoms with van der Waals surface area (Å²) in [4.78, 5) is 14.1. The first-order valence-electron chi connectivity index (χ1n) is 9.20. The van der Waals surface area contributed by atoms with Crippen LogP contribution >= 0.6 is 11.3 Å². The number of nitrogens with zero attached hydrogens (tertiary/aromatic N) is 3. The van der Waals surface area contributed by atoms with Crippen molar-refractivity contribution < 1.29 is 14.3 Å². The van der Waals surface area contributed by atoms with Gasteiger partial charge in [0.15, 0.2) is 0 Å². The van der Waals surface area contributed by atoms with Gasteiger partial charge in [-0.05, 0) is 43.3 Å². The Kier molecular flexibility index (Phi) is 5.49. The minimum Gasteiger partial charge on any atom is -0.497 e. The van der Waals surface area contributed by atoms with Crippen LogP contribution in [0.25, 0.3) is 15.9 Å². The molecule has 0 atom stereocenters. The third kappa shape index (κ3) is 3.77. The number of amides is 1. The van der Waals surface area contributed by atoms with Crippen LogP contribution < -0.4 is 14.9 Å². The lowest BCUT2D eigenvalue weighted by molar-refractivity contribution is 0.0959. The Morgan fingerprint density at radius 1 is 1.13 bits per heavy atom. The van der Waals surface area contributed by atoms with Crippen molar-refractivity contribution in [3.05, 3.63) is 70.7 Å². The molecule has 7 nitrogen and oxygen atoms in total. The first kappa shape index (κ1) is 19.7. The molecule has 8 heteroatoms. The zero-order valence-corrected chi connectivity index (χ0v) is 17.6. The molecule has 2 aromatic heterocycles. The number of para-hydroxylation sites is 1. The summed E-state index contributed by atoms with van der Waals surface area (Å²) in [6.07, 6.45) is 1.53. The standard InChI is InChI=1S/C22H20N4O3S/c1-14-18-12-20(30-22(18)26(25-14)16-7-5-4-6-8-16)21(27)24-23-13-15-11-17(28-2)9-10-19(15)29-3/h4-13H,1-3H3,(H,24,27)/b23-13-. The zero-order valence-electron chi connectivity index (χ0n) is 16.7. The van der Waals surface area contributed by atoms with Gasteiger partial charge in [-0.25, -0.2) is 10.1 Å². The number of thiophene rings is 1. The number of hydrogen-bond acceptors (Lipinski definition) is 6. The summed E-state index contributed by atoms with van der Waals surface area (Å²) in [5.74, 6) is 1.02. The average Bonchev–Trinajstić information content (AvgIpc) is 3.35. The normalized spacial score (nSPS) is 11.2. The van der Waals surface area contributed by atoms with Gasteiger partial charge in [0, 0.05) is 10.9 Å². The summed E-state index contributed by atoms with van der Waals surface area (Å²) < 4.78 is 12.4. The fraction of sp³-hybridized carbons (Fsp3) is 0.136. The first-order chi connectivity index (χ1) is 14.6. The van der Waals surface area contributed by atoms with E-state index in [-0.39, 0.29) is 5.91 Å². The quantitative estimate of drug-likeness (QED) is 0.375. The Labute approximate surface area is 177 Å². The van der Waals surface area contributed by atoms with Gasteiger partial charge in [0.1, 0.15) is 16.3 Å². The molecule has 0 unspecified atom stereocenters. The van der Waals surface area contributed by atoms with Crippen LogP contribution in [-0.4, -0.2) is 36.1 Å². The summed E-state index contributed by atoms with van der Waals surface area (Å²) in [6, 6.07) is 17.1. The highest BCUT2D eigenvalue weighted by molar-refractivity contribution is 7.20. The second-order valence-electron chi connectivity index (χ2n) is 6.47. The number of rotatable bonds is 6. The summed E-state index contributed by atoms with van der Waals surface area (Å²) in [6.45, 7) is 1.93. The molecule has 1 N–H and O–H groups in total. The molecule has 0 fully saturated rings. The zero-order chi connectivity index (χ0) is 21.1. The minimum absolute atomic E-state index is 0.284. The van der Waals surface area contributed by atoms with Crippen LogP contribution in [0.2, 0.25) is 0 Å². The van der Waals surface area contributed by atoms with Crippen LogP contribution in [0.1, 0.15) is 20.9 Å². The highest BCUT2D eigenvalue weighted by Crippen LogP contribution is 2.30. The molecule has 0 aliphatic heterocycles. The first-order valence-corrected chi connectivity index (χ1v) is 10.0. The number of benzene rings is 2. The number of nitrogens with one attached hydrogen (secondary N) is 1. The van der Waals surface area contributed by atoms with Gasteiger partial charge in [-0.15, -0.1) is 11.3 Å². The molecule has 4 rings (SSSR count). The van der Waals surface area contributed by atoms with E-state index in [0.29, 0.717) is 21.9 Å². The Morgan fingerprint density at radius 2 is 1.93 bits per heavy atom. The fourth-order valence-corrected chi connectivity index (χ4v) is 4.13. The van der Waals surface area contributed by atoms with Crippen LogP contribution in [0.5, 0.6) is 11.5 Å². The molecule has 30 heavy (non-hydrogen) atoms. The van der Waals surface area contributed by atoms with Gasteiger partial charge in [0.05, 0.1) is 36.7 Å². The number of hydrogen-bond donors (Lipinski definition) is 1. The number of methoxy groups -OCH3 is 2. The van der Waals surface area contributed by atoms with Crippen LogP contribution in [0.3, 0.4) is 0 Å². The molecule has 0 aliphatic rings. The molecule has 0 spiro atoms. The number of aromatic nitrogens is 2. The van der Waals surface area contributed by atoms with Crippen molar-refractivity contribution in [1.29, 1.82) is 0 Å². The Hall–Kier alpha value is -3.65. The van der Waals surface area contributed by atoms with E-state index in [9.17, 15) is 4.79 Å². The van der Waals surface area contributed by atoms with Crippen molar-refractivity contribution >= 4 is 33.7 Å². The van der Waals surface area contributed by atoms with Gasteiger partial charge in [0.25, 0.3) is 5.91 Å².